The first-order chi connectivity index (χ1) is 9.74. The molecule has 6 nitrogen and oxygen atoms in total. The van der Waals surface area contributed by atoms with Crippen LogP contribution >= 0.6 is 0 Å². The van der Waals surface area contributed by atoms with Gasteiger partial charge in [-0.3, -0.25) is 0 Å². The van der Waals surface area contributed by atoms with Gasteiger partial charge in [0.15, 0.2) is 5.58 Å². The minimum absolute atomic E-state index is 0.0173. The number of para-hydroxylation sites is 2. The largest absolute Gasteiger partial charge is 0.465 e. The molecule has 20 heavy (non-hydrogen) atoms. The van der Waals surface area contributed by atoms with Gasteiger partial charge in [-0.05, 0) is 31.4 Å². The lowest BCUT2D eigenvalue weighted by molar-refractivity contribution is 0.110. The Labute approximate surface area is 116 Å². The van der Waals surface area contributed by atoms with Crippen LogP contribution in [-0.2, 0) is 0 Å². The van der Waals surface area contributed by atoms with Crippen LogP contribution in [0, 0.1) is 0 Å². The van der Waals surface area contributed by atoms with Crippen molar-refractivity contribution in [2.45, 2.75) is 25.3 Å². The molecule has 1 atom stereocenters. The van der Waals surface area contributed by atoms with E-state index in [1.807, 2.05) is 24.3 Å². The molecule has 2 heterocycles. The second-order valence-corrected chi connectivity index (χ2v) is 4.99. The SMILES string of the molecule is O=C(O)N1CCCC[C@H]1CNc1nc2ccccc2o1. The van der Waals surface area contributed by atoms with Crippen LogP contribution in [0.4, 0.5) is 10.8 Å². The van der Waals surface area contributed by atoms with Crippen LogP contribution in [0.15, 0.2) is 28.7 Å². The number of nitrogens with one attached hydrogen (secondary N) is 1. The Hall–Kier alpha value is -2.24. The smallest absolute Gasteiger partial charge is 0.407 e. The Morgan fingerprint density at radius 3 is 3.10 bits per heavy atom. The number of nitrogens with zero attached hydrogens (tertiary/aromatic N) is 2. The number of fused-ring (bicyclic) bond motifs is 1. The van der Waals surface area contributed by atoms with Gasteiger partial charge >= 0.3 is 6.09 Å². The maximum Gasteiger partial charge on any atom is 0.407 e. The fourth-order valence-electron chi connectivity index (χ4n) is 2.62. The highest BCUT2D eigenvalue weighted by molar-refractivity contribution is 5.74. The van der Waals surface area contributed by atoms with Gasteiger partial charge in [0.2, 0.25) is 0 Å². The van der Waals surface area contributed by atoms with Gasteiger partial charge in [0.1, 0.15) is 5.52 Å². The molecule has 3 rings (SSSR count). The fraction of sp³-hybridized carbons (Fsp3) is 0.429. The van der Waals surface area contributed by atoms with Gasteiger partial charge in [0.05, 0.1) is 6.04 Å². The maximum atomic E-state index is 11.2. The van der Waals surface area contributed by atoms with Gasteiger partial charge in [0.25, 0.3) is 6.01 Å². The Morgan fingerprint density at radius 1 is 1.45 bits per heavy atom. The molecule has 106 valence electrons. The minimum Gasteiger partial charge on any atom is -0.465 e. The molecule has 1 aliphatic rings. The average Bonchev–Trinajstić information content (AvgIpc) is 2.88. The molecule has 1 aromatic heterocycles. The number of likely N-dealkylation sites (tertiary alicyclic amines) is 1. The van der Waals surface area contributed by atoms with E-state index in [9.17, 15) is 9.90 Å². The van der Waals surface area contributed by atoms with E-state index in [-0.39, 0.29) is 6.04 Å². The summed E-state index contributed by atoms with van der Waals surface area (Å²) in [4.78, 5) is 17.0. The number of hydrogen-bond acceptors (Lipinski definition) is 4. The highest BCUT2D eigenvalue weighted by atomic mass is 16.4. The maximum absolute atomic E-state index is 11.2. The number of carbonyl (C=O) groups is 1. The molecule has 2 aromatic rings. The number of benzene rings is 1. The molecule has 1 amide bonds. The highest BCUT2D eigenvalue weighted by Gasteiger charge is 2.26. The Balaban J connectivity index is 1.67. The number of oxazole rings is 1. The second kappa shape index (κ2) is 5.40. The van der Waals surface area contributed by atoms with E-state index in [1.54, 1.807) is 0 Å². The summed E-state index contributed by atoms with van der Waals surface area (Å²) in [6.45, 7) is 1.13. The summed E-state index contributed by atoms with van der Waals surface area (Å²) < 4.78 is 5.57. The number of hydrogen-bond donors (Lipinski definition) is 2. The zero-order valence-corrected chi connectivity index (χ0v) is 11.1. The molecule has 1 saturated heterocycles. The Bertz CT molecular complexity index is 577. The molecule has 2 N–H and O–H groups in total. The first-order valence-electron chi connectivity index (χ1n) is 6.83. The van der Waals surface area contributed by atoms with E-state index < -0.39 is 6.09 Å². The van der Waals surface area contributed by atoms with Crippen molar-refractivity contribution in [2.75, 3.05) is 18.4 Å². The minimum atomic E-state index is -0.853. The molecule has 0 saturated carbocycles. The standard InChI is InChI=1S/C14H17N3O3/c18-14(19)17-8-4-3-5-10(17)9-15-13-16-11-6-1-2-7-12(11)20-13/h1-2,6-7,10H,3-5,8-9H2,(H,15,16)(H,18,19)/t10-/m0/s1. The van der Waals surface area contributed by atoms with Gasteiger partial charge in [-0.2, -0.15) is 4.98 Å². The molecule has 0 spiro atoms. The quantitative estimate of drug-likeness (QED) is 0.900. The van der Waals surface area contributed by atoms with Crippen molar-refractivity contribution in [3.8, 4) is 0 Å². The predicted molar refractivity (Wildman–Crippen MR) is 74.9 cm³/mol. The van der Waals surface area contributed by atoms with E-state index >= 15 is 0 Å². The van der Waals surface area contributed by atoms with Crippen LogP contribution in [0.1, 0.15) is 19.3 Å². The zero-order chi connectivity index (χ0) is 13.9. The van der Waals surface area contributed by atoms with E-state index in [2.05, 4.69) is 10.3 Å². The Morgan fingerprint density at radius 2 is 2.30 bits per heavy atom. The average molecular weight is 275 g/mol. The lowest BCUT2D eigenvalue weighted by Gasteiger charge is -2.33. The molecule has 0 aliphatic carbocycles. The lowest BCUT2D eigenvalue weighted by Crippen LogP contribution is -2.46. The molecule has 1 aromatic carbocycles. The van der Waals surface area contributed by atoms with Gasteiger partial charge < -0.3 is 19.7 Å². The monoisotopic (exact) mass is 275 g/mol. The number of aromatic nitrogens is 1. The summed E-state index contributed by atoms with van der Waals surface area (Å²) >= 11 is 0. The van der Waals surface area contributed by atoms with Gasteiger partial charge in [-0.1, -0.05) is 12.1 Å². The van der Waals surface area contributed by atoms with Crippen LogP contribution in [-0.4, -0.2) is 40.2 Å². The van der Waals surface area contributed by atoms with Gasteiger partial charge in [0, 0.05) is 13.1 Å². The van der Waals surface area contributed by atoms with Crippen molar-refractivity contribution >= 4 is 23.2 Å². The number of carboxylic acid groups (broad SMARTS) is 1. The molecule has 1 fully saturated rings. The zero-order valence-electron chi connectivity index (χ0n) is 11.1. The van der Waals surface area contributed by atoms with E-state index in [4.69, 9.17) is 4.42 Å². The number of rotatable bonds is 3. The third-order valence-corrected chi connectivity index (χ3v) is 3.66. The van der Waals surface area contributed by atoms with Crippen LogP contribution in [0.2, 0.25) is 0 Å². The van der Waals surface area contributed by atoms with E-state index in [0.717, 1.165) is 30.4 Å². The lowest BCUT2D eigenvalue weighted by atomic mass is 10.0. The summed E-state index contributed by atoms with van der Waals surface area (Å²) in [7, 11) is 0. The van der Waals surface area contributed by atoms with Crippen molar-refractivity contribution < 1.29 is 14.3 Å². The number of anilines is 1. The van der Waals surface area contributed by atoms with Crippen molar-refractivity contribution in [3.05, 3.63) is 24.3 Å². The topological polar surface area (TPSA) is 78.6 Å². The number of piperidine rings is 1. The molecular formula is C14H17N3O3. The first-order valence-corrected chi connectivity index (χ1v) is 6.83. The number of amides is 1. The normalized spacial score (nSPS) is 19.2. The third-order valence-electron chi connectivity index (χ3n) is 3.66. The Kier molecular flexibility index (Phi) is 3.45. The highest BCUT2D eigenvalue weighted by Crippen LogP contribution is 2.20. The van der Waals surface area contributed by atoms with Crippen molar-refractivity contribution in [1.29, 1.82) is 0 Å². The van der Waals surface area contributed by atoms with Crippen LogP contribution in [0.5, 0.6) is 0 Å². The van der Waals surface area contributed by atoms with E-state index in [0.29, 0.717) is 19.1 Å². The molecule has 0 radical (unpaired) electrons. The van der Waals surface area contributed by atoms with Crippen molar-refractivity contribution in [1.82, 2.24) is 9.88 Å². The predicted octanol–water partition coefficient (Wildman–Crippen LogP) is 2.77. The third kappa shape index (κ3) is 2.54. The summed E-state index contributed by atoms with van der Waals surface area (Å²) in [5.41, 5.74) is 1.53. The van der Waals surface area contributed by atoms with Crippen LogP contribution < -0.4 is 5.32 Å². The fourth-order valence-corrected chi connectivity index (χ4v) is 2.62. The van der Waals surface area contributed by atoms with E-state index in [1.165, 1.54) is 4.90 Å². The summed E-state index contributed by atoms with van der Waals surface area (Å²) in [6, 6.07) is 7.97. The summed E-state index contributed by atoms with van der Waals surface area (Å²) in [5.74, 6) is 0. The molecule has 1 aliphatic heterocycles. The van der Waals surface area contributed by atoms with Crippen molar-refractivity contribution in [2.24, 2.45) is 0 Å². The van der Waals surface area contributed by atoms with Crippen LogP contribution in [0.25, 0.3) is 11.1 Å². The van der Waals surface area contributed by atoms with Crippen molar-refractivity contribution in [3.63, 3.8) is 0 Å². The summed E-state index contributed by atoms with van der Waals surface area (Å²) in [5, 5.41) is 12.3. The molecule has 0 unspecified atom stereocenters. The second-order valence-electron chi connectivity index (χ2n) is 4.99. The molecular weight excluding hydrogens is 258 g/mol. The summed E-state index contributed by atoms with van der Waals surface area (Å²) in [6.07, 6.45) is 2.02. The van der Waals surface area contributed by atoms with Gasteiger partial charge in [-0.25, -0.2) is 4.79 Å². The van der Waals surface area contributed by atoms with Gasteiger partial charge in [-0.15, -0.1) is 0 Å². The first kappa shape index (κ1) is 12.8. The van der Waals surface area contributed by atoms with Crippen LogP contribution in [0.3, 0.4) is 0 Å². The molecule has 0 bridgehead atoms. The molecule has 6 heteroatoms.